The van der Waals surface area contributed by atoms with Crippen LogP contribution in [0.4, 0.5) is 0 Å². The molecular formula is C14H20N4. The van der Waals surface area contributed by atoms with Gasteiger partial charge in [0.05, 0.1) is 5.69 Å². The maximum absolute atomic E-state index is 4.51. The summed E-state index contributed by atoms with van der Waals surface area (Å²) >= 11 is 0. The van der Waals surface area contributed by atoms with Gasteiger partial charge in [-0.2, -0.15) is 5.10 Å². The van der Waals surface area contributed by atoms with Crippen molar-refractivity contribution >= 4 is 0 Å². The van der Waals surface area contributed by atoms with Gasteiger partial charge >= 0.3 is 0 Å². The molecule has 2 heterocycles. The molecule has 0 aliphatic carbocycles. The second kappa shape index (κ2) is 5.78. The third kappa shape index (κ3) is 3.17. The lowest BCUT2D eigenvalue weighted by atomic mass is 10.1. The Morgan fingerprint density at radius 3 is 2.72 bits per heavy atom. The molecule has 96 valence electrons. The molecule has 2 aromatic heterocycles. The van der Waals surface area contributed by atoms with Gasteiger partial charge in [-0.15, -0.1) is 0 Å². The van der Waals surface area contributed by atoms with E-state index in [1.165, 1.54) is 5.56 Å². The summed E-state index contributed by atoms with van der Waals surface area (Å²) in [5.74, 6) is 0. The van der Waals surface area contributed by atoms with Crippen LogP contribution < -0.4 is 5.32 Å². The summed E-state index contributed by atoms with van der Waals surface area (Å²) in [6.45, 7) is 7.16. The lowest BCUT2D eigenvalue weighted by molar-refractivity contribution is 0.512. The van der Waals surface area contributed by atoms with E-state index in [9.17, 15) is 0 Å². The standard InChI is InChI=1S/C14H20N4/c1-11(2)18-8-6-14(17-18)10-16-12(3)13-5-4-7-15-9-13/h4-9,11-12,16H,10H2,1-3H3/t12-/m0/s1. The fourth-order valence-corrected chi connectivity index (χ4v) is 1.77. The molecule has 4 nitrogen and oxygen atoms in total. The smallest absolute Gasteiger partial charge is 0.0762 e. The first-order valence-electron chi connectivity index (χ1n) is 6.34. The van der Waals surface area contributed by atoms with Crippen molar-refractivity contribution in [3.05, 3.63) is 48.0 Å². The van der Waals surface area contributed by atoms with Crippen LogP contribution in [-0.4, -0.2) is 14.8 Å². The summed E-state index contributed by atoms with van der Waals surface area (Å²) in [7, 11) is 0. The van der Waals surface area contributed by atoms with Gasteiger partial charge in [0.25, 0.3) is 0 Å². The van der Waals surface area contributed by atoms with Gasteiger partial charge in [0.1, 0.15) is 0 Å². The molecule has 0 saturated heterocycles. The minimum Gasteiger partial charge on any atom is -0.304 e. The normalized spacial score (nSPS) is 12.9. The first kappa shape index (κ1) is 12.8. The monoisotopic (exact) mass is 244 g/mol. The predicted molar refractivity (Wildman–Crippen MR) is 72.1 cm³/mol. The highest BCUT2D eigenvalue weighted by Crippen LogP contribution is 2.11. The molecule has 0 fully saturated rings. The van der Waals surface area contributed by atoms with E-state index in [4.69, 9.17) is 0 Å². The molecule has 0 bridgehead atoms. The highest BCUT2D eigenvalue weighted by atomic mass is 15.3. The van der Waals surface area contributed by atoms with Crippen LogP contribution in [0.1, 0.15) is 44.1 Å². The molecule has 1 N–H and O–H groups in total. The topological polar surface area (TPSA) is 42.7 Å². The third-order valence-electron chi connectivity index (χ3n) is 2.97. The molecule has 0 aliphatic heterocycles. The van der Waals surface area contributed by atoms with E-state index in [-0.39, 0.29) is 6.04 Å². The Bertz CT molecular complexity index is 476. The summed E-state index contributed by atoms with van der Waals surface area (Å²) in [6.07, 6.45) is 5.71. The molecule has 0 aliphatic rings. The molecule has 0 unspecified atom stereocenters. The zero-order valence-corrected chi connectivity index (χ0v) is 11.2. The van der Waals surface area contributed by atoms with Gasteiger partial charge in [0, 0.05) is 37.2 Å². The summed E-state index contributed by atoms with van der Waals surface area (Å²) in [5.41, 5.74) is 2.26. The Labute approximate surface area is 108 Å². The van der Waals surface area contributed by atoms with Crippen molar-refractivity contribution in [3.8, 4) is 0 Å². The summed E-state index contributed by atoms with van der Waals surface area (Å²) in [4.78, 5) is 4.13. The zero-order valence-electron chi connectivity index (χ0n) is 11.2. The van der Waals surface area contributed by atoms with Crippen LogP contribution in [0.25, 0.3) is 0 Å². The van der Waals surface area contributed by atoms with E-state index < -0.39 is 0 Å². The summed E-state index contributed by atoms with van der Waals surface area (Å²) in [5, 5.41) is 7.97. The fourth-order valence-electron chi connectivity index (χ4n) is 1.77. The third-order valence-corrected chi connectivity index (χ3v) is 2.97. The Kier molecular flexibility index (Phi) is 4.10. The molecule has 0 aromatic carbocycles. The SMILES string of the molecule is CC(C)n1ccc(CN[C@@H](C)c2cccnc2)n1. The van der Waals surface area contributed by atoms with Crippen LogP contribution in [0.2, 0.25) is 0 Å². The highest BCUT2D eigenvalue weighted by Gasteiger charge is 2.06. The van der Waals surface area contributed by atoms with E-state index in [1.807, 2.05) is 23.1 Å². The lowest BCUT2D eigenvalue weighted by Gasteiger charge is -2.12. The van der Waals surface area contributed by atoms with Gasteiger partial charge in [-0.25, -0.2) is 0 Å². The van der Waals surface area contributed by atoms with Gasteiger partial charge in [-0.3, -0.25) is 9.67 Å². The maximum atomic E-state index is 4.51. The van der Waals surface area contributed by atoms with Crippen LogP contribution in [0.3, 0.4) is 0 Å². The minimum atomic E-state index is 0.280. The second-order valence-corrected chi connectivity index (χ2v) is 4.77. The van der Waals surface area contributed by atoms with Crippen molar-refractivity contribution in [1.82, 2.24) is 20.1 Å². The molecule has 0 amide bonds. The second-order valence-electron chi connectivity index (χ2n) is 4.77. The Morgan fingerprint density at radius 1 is 1.28 bits per heavy atom. The van der Waals surface area contributed by atoms with E-state index >= 15 is 0 Å². The van der Waals surface area contributed by atoms with Crippen molar-refractivity contribution in [1.29, 1.82) is 0 Å². The predicted octanol–water partition coefficient (Wildman–Crippen LogP) is 2.71. The van der Waals surface area contributed by atoms with Crippen LogP contribution >= 0.6 is 0 Å². The van der Waals surface area contributed by atoms with Crippen LogP contribution in [0.15, 0.2) is 36.8 Å². The van der Waals surface area contributed by atoms with E-state index in [0.717, 1.165) is 12.2 Å². The molecule has 0 spiro atoms. The first-order valence-corrected chi connectivity index (χ1v) is 6.34. The van der Waals surface area contributed by atoms with Gasteiger partial charge in [0.15, 0.2) is 0 Å². The Hall–Kier alpha value is -1.68. The molecule has 0 radical (unpaired) electrons. The zero-order chi connectivity index (χ0) is 13.0. The molecule has 0 saturated carbocycles. The van der Waals surface area contributed by atoms with E-state index in [1.54, 1.807) is 6.20 Å². The quantitative estimate of drug-likeness (QED) is 0.879. The van der Waals surface area contributed by atoms with E-state index in [2.05, 4.69) is 48.3 Å². The fraction of sp³-hybridized carbons (Fsp3) is 0.429. The van der Waals surface area contributed by atoms with Gasteiger partial charge < -0.3 is 5.32 Å². The lowest BCUT2D eigenvalue weighted by Crippen LogP contribution is -2.18. The highest BCUT2D eigenvalue weighted by molar-refractivity contribution is 5.13. The number of nitrogens with one attached hydrogen (secondary N) is 1. The Balaban J connectivity index is 1.91. The largest absolute Gasteiger partial charge is 0.304 e. The molecule has 18 heavy (non-hydrogen) atoms. The van der Waals surface area contributed by atoms with Gasteiger partial charge in [0.2, 0.25) is 0 Å². The van der Waals surface area contributed by atoms with Crippen molar-refractivity contribution < 1.29 is 0 Å². The van der Waals surface area contributed by atoms with Gasteiger partial charge in [-0.05, 0) is 38.5 Å². The number of hydrogen-bond donors (Lipinski definition) is 1. The molecule has 4 heteroatoms. The van der Waals surface area contributed by atoms with E-state index in [0.29, 0.717) is 6.04 Å². The van der Waals surface area contributed by atoms with Crippen LogP contribution in [0, 0.1) is 0 Å². The summed E-state index contributed by atoms with van der Waals surface area (Å²) < 4.78 is 1.98. The number of aromatic nitrogens is 3. The molecule has 2 aromatic rings. The Morgan fingerprint density at radius 2 is 2.11 bits per heavy atom. The number of pyridine rings is 1. The van der Waals surface area contributed by atoms with Crippen molar-refractivity contribution in [2.24, 2.45) is 0 Å². The number of rotatable bonds is 5. The van der Waals surface area contributed by atoms with Crippen molar-refractivity contribution in [3.63, 3.8) is 0 Å². The average molecular weight is 244 g/mol. The van der Waals surface area contributed by atoms with Crippen molar-refractivity contribution in [2.45, 2.75) is 39.4 Å². The van der Waals surface area contributed by atoms with Crippen LogP contribution in [0.5, 0.6) is 0 Å². The molecular weight excluding hydrogens is 224 g/mol. The van der Waals surface area contributed by atoms with Crippen molar-refractivity contribution in [2.75, 3.05) is 0 Å². The van der Waals surface area contributed by atoms with Crippen LogP contribution in [-0.2, 0) is 6.54 Å². The average Bonchev–Trinajstić information content (AvgIpc) is 2.86. The minimum absolute atomic E-state index is 0.280. The molecule has 2 rings (SSSR count). The number of hydrogen-bond acceptors (Lipinski definition) is 3. The maximum Gasteiger partial charge on any atom is 0.0762 e. The first-order chi connectivity index (χ1) is 8.66. The summed E-state index contributed by atoms with van der Waals surface area (Å²) in [6, 6.07) is 6.79. The van der Waals surface area contributed by atoms with Gasteiger partial charge in [-0.1, -0.05) is 6.07 Å². The molecule has 1 atom stereocenters. The number of nitrogens with zero attached hydrogens (tertiary/aromatic N) is 3.